The molecule has 1 aromatic rings. The number of hydrogen-bond acceptors (Lipinski definition) is 3. The van der Waals surface area contributed by atoms with Crippen LogP contribution in [0.2, 0.25) is 0 Å². The molecule has 0 spiro atoms. The Kier molecular flexibility index (Phi) is 5.23. The van der Waals surface area contributed by atoms with E-state index in [1.807, 2.05) is 18.2 Å². The van der Waals surface area contributed by atoms with Gasteiger partial charge in [-0.2, -0.15) is 5.26 Å². The second-order valence-corrected chi connectivity index (χ2v) is 5.64. The zero-order valence-electron chi connectivity index (χ0n) is 8.81. The number of amides is 1. The normalized spacial score (nSPS) is 10.3. The maximum atomic E-state index is 11.6. The molecular formula is C11H11BrN2OS. The highest BCUT2D eigenvalue weighted by molar-refractivity contribution is 9.11. The van der Waals surface area contributed by atoms with E-state index in [4.69, 9.17) is 5.26 Å². The molecule has 3 nitrogen and oxygen atoms in total. The highest BCUT2D eigenvalue weighted by Crippen LogP contribution is 2.22. The van der Waals surface area contributed by atoms with Crippen LogP contribution < -0.4 is 0 Å². The molecule has 1 rings (SSSR count). The number of rotatable bonds is 4. The van der Waals surface area contributed by atoms with Gasteiger partial charge in [-0.05, 0) is 34.1 Å². The number of likely N-dealkylation sites (N-methyl/N-ethyl adjacent to an activating group) is 1. The summed E-state index contributed by atoms with van der Waals surface area (Å²) in [5, 5.41) is 8.40. The molecule has 0 aliphatic rings. The molecule has 0 radical (unpaired) electrons. The molecule has 1 heterocycles. The van der Waals surface area contributed by atoms with Crippen LogP contribution in [0.15, 0.2) is 22.0 Å². The maximum absolute atomic E-state index is 11.6. The van der Waals surface area contributed by atoms with Gasteiger partial charge in [0.15, 0.2) is 0 Å². The summed E-state index contributed by atoms with van der Waals surface area (Å²) >= 11 is 4.92. The van der Waals surface area contributed by atoms with Crippen molar-refractivity contribution < 1.29 is 4.79 Å². The lowest BCUT2D eigenvalue weighted by Crippen LogP contribution is -2.25. The number of hydrogen-bond donors (Lipinski definition) is 0. The SMILES string of the molecule is CN(CCC#N)C(=O)/C=C/c1ccc(Br)s1. The fraction of sp³-hybridized carbons (Fsp3) is 0.273. The van der Waals surface area contributed by atoms with Crippen molar-refractivity contribution in [3.63, 3.8) is 0 Å². The number of nitrogens with zero attached hydrogens (tertiary/aromatic N) is 2. The first-order valence-corrected chi connectivity index (χ1v) is 6.30. The minimum absolute atomic E-state index is 0.0835. The zero-order chi connectivity index (χ0) is 12.0. The standard InChI is InChI=1S/C11H11BrN2OS/c1-14(8-2-7-13)11(15)6-4-9-3-5-10(12)16-9/h3-6H,2,8H2,1H3/b6-4+. The molecule has 0 saturated carbocycles. The van der Waals surface area contributed by atoms with Gasteiger partial charge in [-0.1, -0.05) is 0 Å². The molecule has 0 aliphatic carbocycles. The average Bonchev–Trinajstić information content (AvgIpc) is 2.68. The molecular weight excluding hydrogens is 288 g/mol. The van der Waals surface area contributed by atoms with Gasteiger partial charge in [0.2, 0.25) is 5.91 Å². The molecule has 1 amide bonds. The monoisotopic (exact) mass is 298 g/mol. The summed E-state index contributed by atoms with van der Waals surface area (Å²) in [7, 11) is 1.69. The molecule has 0 unspecified atom stereocenters. The molecule has 5 heteroatoms. The smallest absolute Gasteiger partial charge is 0.246 e. The van der Waals surface area contributed by atoms with Crippen molar-refractivity contribution in [3.05, 3.63) is 26.9 Å². The van der Waals surface area contributed by atoms with Crippen molar-refractivity contribution in [2.75, 3.05) is 13.6 Å². The first-order chi connectivity index (χ1) is 7.63. The number of thiophene rings is 1. The molecule has 0 aromatic carbocycles. The third-order valence-corrected chi connectivity index (χ3v) is 3.51. The van der Waals surface area contributed by atoms with Crippen LogP contribution in [0.5, 0.6) is 0 Å². The Bertz CT molecular complexity index is 433. The Labute approximate surface area is 107 Å². The van der Waals surface area contributed by atoms with Gasteiger partial charge < -0.3 is 4.90 Å². The van der Waals surface area contributed by atoms with Crippen LogP contribution >= 0.6 is 27.3 Å². The summed E-state index contributed by atoms with van der Waals surface area (Å²) in [4.78, 5) is 14.1. The van der Waals surface area contributed by atoms with Crippen LogP contribution in [0.1, 0.15) is 11.3 Å². The molecule has 0 N–H and O–H groups in total. The Hall–Kier alpha value is -1.12. The largest absolute Gasteiger partial charge is 0.341 e. The van der Waals surface area contributed by atoms with E-state index in [1.165, 1.54) is 11.0 Å². The van der Waals surface area contributed by atoms with E-state index in [9.17, 15) is 4.79 Å². The van der Waals surface area contributed by atoms with Gasteiger partial charge in [0.05, 0.1) is 16.3 Å². The summed E-state index contributed by atoms with van der Waals surface area (Å²) < 4.78 is 1.04. The van der Waals surface area contributed by atoms with Crippen molar-refractivity contribution >= 4 is 39.2 Å². The van der Waals surface area contributed by atoms with Crippen molar-refractivity contribution in [3.8, 4) is 6.07 Å². The van der Waals surface area contributed by atoms with Crippen LogP contribution in [0.3, 0.4) is 0 Å². The van der Waals surface area contributed by atoms with E-state index < -0.39 is 0 Å². The van der Waals surface area contributed by atoms with E-state index in [1.54, 1.807) is 24.5 Å². The minimum Gasteiger partial charge on any atom is -0.341 e. The van der Waals surface area contributed by atoms with Crippen LogP contribution in [0.25, 0.3) is 6.08 Å². The first kappa shape index (κ1) is 12.9. The second kappa shape index (κ2) is 6.46. The van der Waals surface area contributed by atoms with Gasteiger partial charge >= 0.3 is 0 Å². The minimum atomic E-state index is -0.0835. The molecule has 16 heavy (non-hydrogen) atoms. The average molecular weight is 299 g/mol. The van der Waals surface area contributed by atoms with Gasteiger partial charge in [-0.3, -0.25) is 4.79 Å². The molecule has 0 bridgehead atoms. The van der Waals surface area contributed by atoms with Crippen molar-refractivity contribution in [1.29, 1.82) is 5.26 Å². The third kappa shape index (κ3) is 4.17. The zero-order valence-corrected chi connectivity index (χ0v) is 11.2. The number of nitriles is 1. The second-order valence-electron chi connectivity index (χ2n) is 3.14. The highest BCUT2D eigenvalue weighted by Gasteiger charge is 2.03. The Morgan fingerprint density at radius 2 is 2.44 bits per heavy atom. The summed E-state index contributed by atoms with van der Waals surface area (Å²) in [6.07, 6.45) is 3.66. The lowest BCUT2D eigenvalue weighted by molar-refractivity contribution is -0.124. The summed E-state index contributed by atoms with van der Waals surface area (Å²) in [6, 6.07) is 5.89. The number of halogens is 1. The van der Waals surface area contributed by atoms with Gasteiger partial charge in [-0.25, -0.2) is 0 Å². The molecule has 0 fully saturated rings. The third-order valence-electron chi connectivity index (χ3n) is 1.92. The predicted octanol–water partition coefficient (Wildman–Crippen LogP) is 2.90. The fourth-order valence-electron chi connectivity index (χ4n) is 1.03. The van der Waals surface area contributed by atoms with E-state index in [-0.39, 0.29) is 5.91 Å². The molecule has 84 valence electrons. The molecule has 0 aliphatic heterocycles. The van der Waals surface area contributed by atoms with Gasteiger partial charge in [-0.15, -0.1) is 11.3 Å². The first-order valence-electron chi connectivity index (χ1n) is 4.69. The fourth-order valence-corrected chi connectivity index (χ4v) is 2.35. The van der Waals surface area contributed by atoms with E-state index >= 15 is 0 Å². The van der Waals surface area contributed by atoms with Crippen molar-refractivity contribution in [2.24, 2.45) is 0 Å². The van der Waals surface area contributed by atoms with Crippen LogP contribution in [0.4, 0.5) is 0 Å². The molecule has 0 atom stereocenters. The van der Waals surface area contributed by atoms with Gasteiger partial charge in [0, 0.05) is 24.5 Å². The van der Waals surface area contributed by atoms with E-state index in [2.05, 4.69) is 15.9 Å². The van der Waals surface area contributed by atoms with Crippen LogP contribution in [-0.2, 0) is 4.79 Å². The van der Waals surface area contributed by atoms with Crippen LogP contribution in [0, 0.1) is 11.3 Å². The van der Waals surface area contributed by atoms with Crippen LogP contribution in [-0.4, -0.2) is 24.4 Å². The molecule has 0 saturated heterocycles. The van der Waals surface area contributed by atoms with Crippen molar-refractivity contribution in [2.45, 2.75) is 6.42 Å². The Morgan fingerprint density at radius 1 is 1.69 bits per heavy atom. The summed E-state index contributed by atoms with van der Waals surface area (Å²) in [6.45, 7) is 0.466. The number of carbonyl (C=O) groups is 1. The van der Waals surface area contributed by atoms with Crippen molar-refractivity contribution in [1.82, 2.24) is 4.90 Å². The van der Waals surface area contributed by atoms with E-state index in [0.29, 0.717) is 13.0 Å². The lowest BCUT2D eigenvalue weighted by atomic mass is 10.3. The summed E-state index contributed by atoms with van der Waals surface area (Å²) in [5.41, 5.74) is 0. The number of carbonyl (C=O) groups excluding carboxylic acids is 1. The van der Waals surface area contributed by atoms with Gasteiger partial charge in [0.25, 0.3) is 0 Å². The summed E-state index contributed by atoms with van der Waals surface area (Å²) in [5.74, 6) is -0.0835. The highest BCUT2D eigenvalue weighted by atomic mass is 79.9. The quantitative estimate of drug-likeness (QED) is 0.802. The lowest BCUT2D eigenvalue weighted by Gasteiger charge is -2.11. The maximum Gasteiger partial charge on any atom is 0.246 e. The van der Waals surface area contributed by atoms with Gasteiger partial charge in [0.1, 0.15) is 0 Å². The van der Waals surface area contributed by atoms with E-state index in [0.717, 1.165) is 8.66 Å². The Balaban J connectivity index is 2.51. The molecule has 1 aromatic heterocycles. The predicted molar refractivity (Wildman–Crippen MR) is 68.9 cm³/mol. The Morgan fingerprint density at radius 3 is 3.00 bits per heavy atom. The topological polar surface area (TPSA) is 44.1 Å².